The number of carbonyl (C=O) groups excluding carboxylic acids is 1. The third-order valence-electron chi connectivity index (χ3n) is 3.85. The summed E-state index contributed by atoms with van der Waals surface area (Å²) in [4.78, 5) is 16.4. The molecule has 1 fully saturated rings. The van der Waals surface area contributed by atoms with Crippen molar-refractivity contribution in [2.75, 3.05) is 19.6 Å². The molecule has 0 spiro atoms. The molecule has 0 aromatic carbocycles. The molecule has 0 aliphatic carbocycles. The Bertz CT molecular complexity index is 648. The molecular formula is C15H21Cl2N3O3S. The molecule has 2 aromatic rings. The van der Waals surface area contributed by atoms with Gasteiger partial charge in [0.1, 0.15) is 5.76 Å². The second kappa shape index (κ2) is 9.39. The predicted molar refractivity (Wildman–Crippen MR) is 98.1 cm³/mol. The van der Waals surface area contributed by atoms with E-state index in [-0.39, 0.29) is 49.2 Å². The second-order valence-electron chi connectivity index (χ2n) is 5.50. The number of aromatic nitrogens is 1. The molecule has 9 heteroatoms. The Labute approximate surface area is 156 Å². The first-order chi connectivity index (χ1) is 10.6. The maximum absolute atomic E-state index is 12.0. The Morgan fingerprint density at radius 2 is 2.29 bits per heavy atom. The van der Waals surface area contributed by atoms with E-state index in [1.807, 2.05) is 23.8 Å². The summed E-state index contributed by atoms with van der Waals surface area (Å²) in [5, 5.41) is 19.6. The minimum absolute atomic E-state index is 0. The van der Waals surface area contributed by atoms with Crippen molar-refractivity contribution in [3.05, 3.63) is 28.3 Å². The van der Waals surface area contributed by atoms with Gasteiger partial charge in [-0.05, 0) is 18.4 Å². The van der Waals surface area contributed by atoms with Gasteiger partial charge in [0.05, 0.1) is 18.2 Å². The van der Waals surface area contributed by atoms with E-state index in [4.69, 9.17) is 4.42 Å². The van der Waals surface area contributed by atoms with Gasteiger partial charge in [-0.2, -0.15) is 11.3 Å². The van der Waals surface area contributed by atoms with Crippen LogP contribution >= 0.6 is 36.2 Å². The van der Waals surface area contributed by atoms with Crippen molar-refractivity contribution < 1.29 is 14.3 Å². The van der Waals surface area contributed by atoms with Gasteiger partial charge in [0, 0.05) is 36.5 Å². The average Bonchev–Trinajstić information content (AvgIpc) is 3.19. The summed E-state index contributed by atoms with van der Waals surface area (Å²) >= 11 is 1.58. The quantitative estimate of drug-likeness (QED) is 0.720. The first kappa shape index (κ1) is 20.9. The molecule has 2 unspecified atom stereocenters. The number of β-amino-alcohol motifs (C(OH)–C–C–N with tert-alkyl or cyclic N) is 1. The smallest absolute Gasteiger partial charge is 0.227 e. The monoisotopic (exact) mass is 393 g/mol. The molecule has 2 aromatic heterocycles. The van der Waals surface area contributed by atoms with Crippen molar-refractivity contribution in [2.45, 2.75) is 19.4 Å². The van der Waals surface area contributed by atoms with Gasteiger partial charge >= 0.3 is 0 Å². The molecule has 1 amide bonds. The molecule has 6 nitrogen and oxygen atoms in total. The predicted octanol–water partition coefficient (Wildman–Crippen LogP) is 1.79. The number of carbonyl (C=O) groups is 1. The van der Waals surface area contributed by atoms with Crippen LogP contribution in [0, 0.1) is 12.8 Å². The highest BCUT2D eigenvalue weighted by Gasteiger charge is 2.25. The molecule has 2 atom stereocenters. The van der Waals surface area contributed by atoms with Crippen LogP contribution in [0.1, 0.15) is 11.5 Å². The zero-order chi connectivity index (χ0) is 15.5. The fraction of sp³-hybridized carbons (Fsp3) is 0.467. The molecule has 3 N–H and O–H groups in total. The number of aliphatic hydroxyl groups is 1. The van der Waals surface area contributed by atoms with Gasteiger partial charge in [-0.3, -0.25) is 4.79 Å². The molecule has 1 saturated heterocycles. The standard InChI is InChI=1S/C15H19N3O3S.2ClH/c1-9-12(18-15(21-9)10-2-3-22-8-10)4-14(20)17-6-11-5-16-7-13(11)19;;/h2-3,8,11,13,16,19H,4-7H2,1H3,(H,17,20);2*1H. The molecule has 24 heavy (non-hydrogen) atoms. The number of aliphatic hydroxyl groups excluding tert-OH is 1. The second-order valence-corrected chi connectivity index (χ2v) is 6.28. The van der Waals surface area contributed by atoms with E-state index in [2.05, 4.69) is 15.6 Å². The first-order valence-electron chi connectivity index (χ1n) is 7.28. The number of nitrogens with one attached hydrogen (secondary N) is 2. The van der Waals surface area contributed by atoms with Crippen LogP contribution in [0.2, 0.25) is 0 Å². The van der Waals surface area contributed by atoms with Crippen molar-refractivity contribution in [1.29, 1.82) is 0 Å². The molecule has 1 aliphatic heterocycles. The maximum atomic E-state index is 12.0. The molecule has 0 radical (unpaired) electrons. The summed E-state index contributed by atoms with van der Waals surface area (Å²) in [5.41, 5.74) is 1.59. The van der Waals surface area contributed by atoms with Crippen LogP contribution < -0.4 is 10.6 Å². The minimum Gasteiger partial charge on any atom is -0.441 e. The molecule has 3 heterocycles. The fourth-order valence-electron chi connectivity index (χ4n) is 2.49. The highest BCUT2D eigenvalue weighted by Crippen LogP contribution is 2.24. The average molecular weight is 394 g/mol. The van der Waals surface area contributed by atoms with E-state index < -0.39 is 0 Å². The van der Waals surface area contributed by atoms with E-state index in [1.54, 1.807) is 11.3 Å². The lowest BCUT2D eigenvalue weighted by molar-refractivity contribution is -0.120. The molecule has 3 rings (SSSR count). The summed E-state index contributed by atoms with van der Waals surface area (Å²) in [6.45, 7) is 3.61. The van der Waals surface area contributed by atoms with E-state index in [0.717, 1.165) is 12.1 Å². The van der Waals surface area contributed by atoms with Gasteiger partial charge in [0.2, 0.25) is 11.8 Å². The Balaban J connectivity index is 0.00000144. The largest absolute Gasteiger partial charge is 0.441 e. The first-order valence-corrected chi connectivity index (χ1v) is 8.22. The number of hydrogen-bond donors (Lipinski definition) is 3. The Morgan fingerprint density at radius 3 is 2.92 bits per heavy atom. The molecule has 134 valence electrons. The number of nitrogens with zero attached hydrogens (tertiary/aromatic N) is 1. The van der Waals surface area contributed by atoms with Gasteiger partial charge in [-0.1, -0.05) is 0 Å². The maximum Gasteiger partial charge on any atom is 0.227 e. The summed E-state index contributed by atoms with van der Waals surface area (Å²) in [5.74, 6) is 1.19. The number of thiophene rings is 1. The summed E-state index contributed by atoms with van der Waals surface area (Å²) in [7, 11) is 0. The third-order valence-corrected chi connectivity index (χ3v) is 4.54. The van der Waals surface area contributed by atoms with Crippen LogP contribution in [0.3, 0.4) is 0 Å². The lowest BCUT2D eigenvalue weighted by atomic mass is 10.1. The molecular weight excluding hydrogens is 373 g/mol. The Morgan fingerprint density at radius 1 is 1.50 bits per heavy atom. The van der Waals surface area contributed by atoms with Crippen molar-refractivity contribution in [3.63, 3.8) is 0 Å². The van der Waals surface area contributed by atoms with Gasteiger partial charge < -0.3 is 20.2 Å². The molecule has 0 saturated carbocycles. The lowest BCUT2D eigenvalue weighted by Crippen LogP contribution is -2.35. The van der Waals surface area contributed by atoms with Crippen molar-refractivity contribution in [1.82, 2.24) is 15.6 Å². The van der Waals surface area contributed by atoms with Gasteiger partial charge in [0.15, 0.2) is 0 Å². The van der Waals surface area contributed by atoms with Gasteiger partial charge in [0.25, 0.3) is 0 Å². The van der Waals surface area contributed by atoms with Crippen LogP contribution in [0.25, 0.3) is 11.5 Å². The number of oxazole rings is 1. The zero-order valence-electron chi connectivity index (χ0n) is 13.2. The summed E-state index contributed by atoms with van der Waals surface area (Å²) < 4.78 is 5.62. The molecule has 0 bridgehead atoms. The van der Waals surface area contributed by atoms with Crippen molar-refractivity contribution in [3.8, 4) is 11.5 Å². The topological polar surface area (TPSA) is 87.4 Å². The number of amides is 1. The third kappa shape index (κ3) is 4.94. The Kier molecular flexibility index (Phi) is 8.18. The summed E-state index contributed by atoms with van der Waals surface area (Å²) in [6.07, 6.45) is -0.199. The fourth-order valence-corrected chi connectivity index (χ4v) is 3.12. The van der Waals surface area contributed by atoms with E-state index in [1.165, 1.54) is 0 Å². The highest BCUT2D eigenvalue weighted by atomic mass is 35.5. The van der Waals surface area contributed by atoms with Crippen molar-refractivity contribution in [2.24, 2.45) is 5.92 Å². The number of hydrogen-bond acceptors (Lipinski definition) is 6. The highest BCUT2D eigenvalue weighted by molar-refractivity contribution is 7.08. The van der Waals surface area contributed by atoms with Crippen LogP contribution in [0.15, 0.2) is 21.2 Å². The number of rotatable bonds is 5. The minimum atomic E-state index is -0.390. The normalized spacial score (nSPS) is 19.4. The molecule has 1 aliphatic rings. The number of aryl methyl sites for hydroxylation is 1. The van der Waals surface area contributed by atoms with Crippen LogP contribution in [0.4, 0.5) is 0 Å². The van der Waals surface area contributed by atoms with Gasteiger partial charge in [-0.15, -0.1) is 24.8 Å². The Hall–Kier alpha value is -1.12. The van der Waals surface area contributed by atoms with E-state index in [0.29, 0.717) is 30.4 Å². The van der Waals surface area contributed by atoms with Crippen LogP contribution in [0.5, 0.6) is 0 Å². The summed E-state index contributed by atoms with van der Waals surface area (Å²) in [6, 6.07) is 1.94. The van der Waals surface area contributed by atoms with Gasteiger partial charge in [-0.25, -0.2) is 4.98 Å². The van der Waals surface area contributed by atoms with Crippen molar-refractivity contribution >= 4 is 42.1 Å². The SMILES string of the molecule is Cc1oc(-c2ccsc2)nc1CC(=O)NCC1CNCC1O.Cl.Cl. The van der Waals surface area contributed by atoms with E-state index >= 15 is 0 Å². The number of halogens is 2. The zero-order valence-corrected chi connectivity index (χ0v) is 15.6. The van der Waals surface area contributed by atoms with E-state index in [9.17, 15) is 9.90 Å². The lowest BCUT2D eigenvalue weighted by Gasteiger charge is -2.13. The van der Waals surface area contributed by atoms with Crippen LogP contribution in [-0.4, -0.2) is 41.7 Å². The van der Waals surface area contributed by atoms with Crippen LogP contribution in [-0.2, 0) is 11.2 Å².